The van der Waals surface area contributed by atoms with Crippen molar-refractivity contribution in [2.45, 2.75) is 47.1 Å². The third kappa shape index (κ3) is 4.01. The highest BCUT2D eigenvalue weighted by molar-refractivity contribution is 7.15. The molecule has 0 atom stereocenters. The third-order valence-corrected chi connectivity index (χ3v) is 6.62. The lowest BCUT2D eigenvalue weighted by Gasteiger charge is -2.33. The minimum atomic E-state index is -0.282. The van der Waals surface area contributed by atoms with Gasteiger partial charge in [-0.3, -0.25) is 9.79 Å². The molecule has 154 valence electrons. The average molecular weight is 411 g/mol. The van der Waals surface area contributed by atoms with Crippen LogP contribution in [-0.2, 0) is 4.79 Å². The standard InChI is InChI=1S/C24H30N2O2S/c1-14-11-20-18(12-17(14)21-10-9-15(2)29-21)16(3)19(13-28-20)22(25-7)23(27)26(8)24(4,5)6/h9-12H,13H2,1-8H3. The molecule has 0 saturated heterocycles. The molecule has 1 aliphatic rings. The number of carbonyl (C=O) groups excluding carboxylic acids is 1. The van der Waals surface area contributed by atoms with Crippen LogP contribution in [0.4, 0.5) is 0 Å². The number of benzene rings is 1. The Labute approximate surface area is 177 Å². The predicted molar refractivity (Wildman–Crippen MR) is 123 cm³/mol. The van der Waals surface area contributed by atoms with E-state index in [1.165, 1.54) is 20.9 Å². The van der Waals surface area contributed by atoms with Crippen LogP contribution in [0.2, 0.25) is 0 Å². The predicted octanol–water partition coefficient (Wildman–Crippen LogP) is 5.53. The van der Waals surface area contributed by atoms with Gasteiger partial charge in [-0.2, -0.15) is 0 Å². The number of ether oxygens (including phenoxy) is 1. The Kier molecular flexibility index (Phi) is 5.72. The van der Waals surface area contributed by atoms with Crippen molar-refractivity contribution in [1.29, 1.82) is 0 Å². The van der Waals surface area contributed by atoms with Gasteiger partial charge in [-0.25, -0.2) is 0 Å². The molecule has 0 saturated carbocycles. The molecule has 2 aromatic rings. The van der Waals surface area contributed by atoms with Crippen molar-refractivity contribution in [3.8, 4) is 16.2 Å². The molecular weight excluding hydrogens is 380 g/mol. The van der Waals surface area contributed by atoms with E-state index < -0.39 is 0 Å². The summed E-state index contributed by atoms with van der Waals surface area (Å²) in [7, 11) is 3.50. The summed E-state index contributed by atoms with van der Waals surface area (Å²) < 4.78 is 6.08. The first-order valence-electron chi connectivity index (χ1n) is 9.84. The molecule has 0 N–H and O–H groups in total. The van der Waals surface area contributed by atoms with Gasteiger partial charge in [-0.1, -0.05) is 0 Å². The molecule has 4 nitrogen and oxygen atoms in total. The van der Waals surface area contributed by atoms with Crippen molar-refractivity contribution in [1.82, 2.24) is 4.90 Å². The van der Waals surface area contributed by atoms with Gasteiger partial charge in [0.25, 0.3) is 5.91 Å². The molecule has 0 bridgehead atoms. The molecule has 29 heavy (non-hydrogen) atoms. The number of amides is 1. The fourth-order valence-electron chi connectivity index (χ4n) is 3.43. The van der Waals surface area contributed by atoms with Gasteiger partial charge in [0, 0.05) is 40.5 Å². The Morgan fingerprint density at radius 3 is 2.38 bits per heavy atom. The van der Waals surface area contributed by atoms with E-state index in [0.29, 0.717) is 12.3 Å². The van der Waals surface area contributed by atoms with E-state index in [1.54, 1.807) is 23.3 Å². The average Bonchev–Trinajstić information content (AvgIpc) is 3.08. The fourth-order valence-corrected chi connectivity index (χ4v) is 4.38. The Hall–Kier alpha value is -2.40. The van der Waals surface area contributed by atoms with E-state index in [9.17, 15) is 4.79 Å². The summed E-state index contributed by atoms with van der Waals surface area (Å²) in [6, 6.07) is 8.60. The number of nitrogens with zero attached hydrogens (tertiary/aromatic N) is 2. The Morgan fingerprint density at radius 1 is 1.14 bits per heavy atom. The highest BCUT2D eigenvalue weighted by atomic mass is 32.1. The minimum Gasteiger partial charge on any atom is -0.488 e. The lowest BCUT2D eigenvalue weighted by atomic mass is 9.91. The van der Waals surface area contributed by atoms with Crippen molar-refractivity contribution >= 4 is 28.5 Å². The molecule has 3 rings (SSSR count). The molecule has 0 fully saturated rings. The van der Waals surface area contributed by atoms with Crippen LogP contribution in [0.5, 0.6) is 5.75 Å². The molecule has 5 heteroatoms. The van der Waals surface area contributed by atoms with Crippen LogP contribution in [-0.4, -0.2) is 42.8 Å². The number of hydrogen-bond acceptors (Lipinski definition) is 4. The highest BCUT2D eigenvalue weighted by Crippen LogP contribution is 2.40. The van der Waals surface area contributed by atoms with E-state index in [4.69, 9.17) is 4.74 Å². The van der Waals surface area contributed by atoms with E-state index in [1.807, 2.05) is 27.8 Å². The summed E-state index contributed by atoms with van der Waals surface area (Å²) in [5, 5.41) is 0. The first-order valence-corrected chi connectivity index (χ1v) is 10.7. The SMILES string of the molecule is CN=C(C(=O)N(C)C(C)(C)C)C1=C(C)c2cc(-c3ccc(C)s3)c(C)cc2OC1. The van der Waals surface area contributed by atoms with Gasteiger partial charge in [-0.05, 0) is 82.5 Å². The number of hydrogen-bond donors (Lipinski definition) is 0. The zero-order valence-corrected chi connectivity index (χ0v) is 19.5. The molecule has 0 spiro atoms. The van der Waals surface area contributed by atoms with Crippen molar-refractivity contribution in [3.05, 3.63) is 45.8 Å². The molecule has 2 heterocycles. The minimum absolute atomic E-state index is 0.0809. The molecular formula is C24H30N2O2S. The van der Waals surface area contributed by atoms with Crippen LogP contribution in [0.1, 0.15) is 43.7 Å². The first-order chi connectivity index (χ1) is 13.5. The van der Waals surface area contributed by atoms with Gasteiger partial charge in [0.15, 0.2) is 0 Å². The van der Waals surface area contributed by atoms with Gasteiger partial charge in [0.2, 0.25) is 0 Å². The van der Waals surface area contributed by atoms with E-state index in [-0.39, 0.29) is 11.4 Å². The number of aryl methyl sites for hydroxylation is 2. The summed E-state index contributed by atoms with van der Waals surface area (Å²) in [6.07, 6.45) is 0. The Balaban J connectivity index is 2.08. The van der Waals surface area contributed by atoms with Crippen LogP contribution in [0.3, 0.4) is 0 Å². The molecule has 0 aliphatic carbocycles. The van der Waals surface area contributed by atoms with Gasteiger partial charge >= 0.3 is 0 Å². The van der Waals surface area contributed by atoms with Gasteiger partial charge < -0.3 is 9.64 Å². The lowest BCUT2D eigenvalue weighted by molar-refractivity contribution is -0.126. The zero-order chi connectivity index (χ0) is 21.5. The molecule has 0 unspecified atom stereocenters. The number of rotatable bonds is 3. The number of fused-ring (bicyclic) bond motifs is 1. The first kappa shape index (κ1) is 21.3. The summed E-state index contributed by atoms with van der Waals surface area (Å²) in [6.45, 7) is 12.7. The molecule has 1 aromatic carbocycles. The summed E-state index contributed by atoms with van der Waals surface area (Å²) in [5.41, 5.74) is 5.53. The highest BCUT2D eigenvalue weighted by Gasteiger charge is 2.31. The molecule has 0 radical (unpaired) electrons. The Bertz CT molecular complexity index is 1020. The van der Waals surface area contributed by atoms with Gasteiger partial charge in [-0.15, -0.1) is 11.3 Å². The van der Waals surface area contributed by atoms with Crippen LogP contribution >= 0.6 is 11.3 Å². The van der Waals surface area contributed by atoms with Crippen molar-refractivity contribution in [2.24, 2.45) is 4.99 Å². The van der Waals surface area contributed by atoms with Crippen molar-refractivity contribution < 1.29 is 9.53 Å². The maximum atomic E-state index is 13.1. The number of thiophene rings is 1. The summed E-state index contributed by atoms with van der Waals surface area (Å²) in [5.74, 6) is 0.787. The quantitative estimate of drug-likeness (QED) is 0.625. The molecule has 1 amide bonds. The van der Waals surface area contributed by atoms with Gasteiger partial charge in [0.1, 0.15) is 18.1 Å². The smallest absolute Gasteiger partial charge is 0.272 e. The lowest BCUT2D eigenvalue weighted by Crippen LogP contribution is -2.46. The maximum Gasteiger partial charge on any atom is 0.272 e. The zero-order valence-electron chi connectivity index (χ0n) is 18.6. The third-order valence-electron chi connectivity index (χ3n) is 5.58. The number of carbonyl (C=O) groups is 1. The summed E-state index contributed by atoms with van der Waals surface area (Å²) in [4.78, 5) is 21.8. The molecule has 1 aromatic heterocycles. The largest absolute Gasteiger partial charge is 0.488 e. The topological polar surface area (TPSA) is 41.9 Å². The van der Waals surface area contributed by atoms with Crippen LogP contribution in [0.25, 0.3) is 16.0 Å². The number of allylic oxidation sites excluding steroid dienone is 1. The second-order valence-corrected chi connectivity index (χ2v) is 9.86. The molecule has 1 aliphatic heterocycles. The second-order valence-electron chi connectivity index (χ2n) is 8.57. The van der Waals surface area contributed by atoms with Crippen LogP contribution in [0.15, 0.2) is 34.8 Å². The van der Waals surface area contributed by atoms with E-state index in [0.717, 1.165) is 22.5 Å². The normalized spacial score (nSPS) is 14.6. The van der Waals surface area contributed by atoms with Crippen molar-refractivity contribution in [2.75, 3.05) is 20.7 Å². The number of aliphatic imine (C=N–C) groups is 1. The van der Waals surface area contributed by atoms with E-state index in [2.05, 4.69) is 50.0 Å². The summed E-state index contributed by atoms with van der Waals surface area (Å²) >= 11 is 1.79. The monoisotopic (exact) mass is 410 g/mol. The van der Waals surface area contributed by atoms with Crippen LogP contribution in [0, 0.1) is 13.8 Å². The second kappa shape index (κ2) is 7.79. The van der Waals surface area contributed by atoms with E-state index >= 15 is 0 Å². The Morgan fingerprint density at radius 2 is 1.83 bits per heavy atom. The van der Waals surface area contributed by atoms with Crippen LogP contribution < -0.4 is 4.74 Å². The van der Waals surface area contributed by atoms with Gasteiger partial charge in [0.05, 0.1) is 0 Å². The maximum absolute atomic E-state index is 13.1. The fraction of sp³-hybridized carbons (Fsp3) is 0.417. The van der Waals surface area contributed by atoms with Crippen molar-refractivity contribution in [3.63, 3.8) is 0 Å².